The first kappa shape index (κ1) is 20.3. The van der Waals surface area contributed by atoms with Gasteiger partial charge in [0.1, 0.15) is 11.5 Å². The molecule has 3 aromatic rings. The van der Waals surface area contributed by atoms with Gasteiger partial charge in [0.05, 0.1) is 23.3 Å². The average molecular weight is 450 g/mol. The molecule has 0 N–H and O–H groups in total. The molecule has 0 saturated carbocycles. The molecule has 0 unspecified atom stereocenters. The van der Waals surface area contributed by atoms with Crippen LogP contribution in [0.5, 0.6) is 11.5 Å². The van der Waals surface area contributed by atoms with E-state index in [-0.39, 0.29) is 11.7 Å². The van der Waals surface area contributed by atoms with Gasteiger partial charge in [-0.3, -0.25) is 10.1 Å². The molecule has 0 saturated heterocycles. The number of nitro benzene ring substituents is 1. The van der Waals surface area contributed by atoms with Gasteiger partial charge in [0.25, 0.3) is 5.69 Å². The summed E-state index contributed by atoms with van der Waals surface area (Å²) in [6.07, 6.45) is 0.0737. The fourth-order valence-corrected chi connectivity index (χ4v) is 4.34. The SMILES string of the molecule is CCOc1ccc(C2=NN3[C@@H](c4cccc([N+](=O)[O-])c4)Oc4ccc(Cl)cc4[C@@H]3C2)cc1. The molecule has 3 aromatic carbocycles. The van der Waals surface area contributed by atoms with Crippen LogP contribution in [0.25, 0.3) is 0 Å². The van der Waals surface area contributed by atoms with Gasteiger partial charge in [0.15, 0.2) is 0 Å². The van der Waals surface area contributed by atoms with Crippen molar-refractivity contribution >= 4 is 23.0 Å². The lowest BCUT2D eigenvalue weighted by molar-refractivity contribution is -0.385. The Morgan fingerprint density at radius 1 is 1.19 bits per heavy atom. The number of halogens is 1. The van der Waals surface area contributed by atoms with Crippen molar-refractivity contribution < 1.29 is 14.4 Å². The van der Waals surface area contributed by atoms with Crippen LogP contribution in [-0.2, 0) is 0 Å². The molecule has 0 bridgehead atoms. The molecule has 162 valence electrons. The Morgan fingerprint density at radius 2 is 2.00 bits per heavy atom. The molecule has 7 nitrogen and oxygen atoms in total. The molecule has 2 heterocycles. The molecule has 0 radical (unpaired) electrons. The van der Waals surface area contributed by atoms with Crippen molar-refractivity contribution in [2.24, 2.45) is 5.10 Å². The van der Waals surface area contributed by atoms with Crippen molar-refractivity contribution in [2.45, 2.75) is 25.6 Å². The van der Waals surface area contributed by atoms with Crippen LogP contribution in [0.4, 0.5) is 5.69 Å². The Balaban J connectivity index is 1.56. The Morgan fingerprint density at radius 3 is 2.75 bits per heavy atom. The summed E-state index contributed by atoms with van der Waals surface area (Å²) in [7, 11) is 0. The molecule has 0 fully saturated rings. The van der Waals surface area contributed by atoms with E-state index in [0.29, 0.717) is 29.4 Å². The number of nitrogens with zero attached hydrogens (tertiary/aromatic N) is 3. The molecule has 2 aliphatic heterocycles. The Labute approximate surface area is 190 Å². The summed E-state index contributed by atoms with van der Waals surface area (Å²) in [6.45, 7) is 2.56. The number of non-ortho nitro benzene ring substituents is 1. The molecular formula is C24H20ClN3O4. The van der Waals surface area contributed by atoms with E-state index < -0.39 is 11.2 Å². The number of rotatable bonds is 5. The van der Waals surface area contributed by atoms with Crippen LogP contribution in [0, 0.1) is 10.1 Å². The Kier molecular flexibility index (Phi) is 5.19. The summed E-state index contributed by atoms with van der Waals surface area (Å²) in [4.78, 5) is 10.9. The number of fused-ring (bicyclic) bond motifs is 3. The molecule has 0 aliphatic carbocycles. The molecule has 0 aromatic heterocycles. The van der Waals surface area contributed by atoms with Crippen LogP contribution in [0.3, 0.4) is 0 Å². The van der Waals surface area contributed by atoms with Crippen molar-refractivity contribution in [1.29, 1.82) is 0 Å². The minimum Gasteiger partial charge on any atom is -0.494 e. The summed E-state index contributed by atoms with van der Waals surface area (Å²) in [5.74, 6) is 1.51. The maximum atomic E-state index is 11.3. The minimum atomic E-state index is -0.589. The first-order valence-corrected chi connectivity index (χ1v) is 10.7. The van der Waals surface area contributed by atoms with Crippen molar-refractivity contribution in [3.63, 3.8) is 0 Å². The average Bonchev–Trinajstić information content (AvgIpc) is 3.25. The van der Waals surface area contributed by atoms with E-state index in [9.17, 15) is 10.1 Å². The second-order valence-corrected chi connectivity index (χ2v) is 8.04. The van der Waals surface area contributed by atoms with E-state index in [4.69, 9.17) is 26.2 Å². The normalized spacial score (nSPS) is 18.9. The number of nitro groups is 1. The molecule has 2 aliphatic rings. The minimum absolute atomic E-state index is 0.0134. The van der Waals surface area contributed by atoms with Crippen molar-refractivity contribution in [3.05, 3.63) is 98.6 Å². The van der Waals surface area contributed by atoms with E-state index in [1.165, 1.54) is 12.1 Å². The fourth-order valence-electron chi connectivity index (χ4n) is 4.15. The van der Waals surface area contributed by atoms with E-state index in [2.05, 4.69) is 0 Å². The smallest absolute Gasteiger partial charge is 0.269 e. The fraction of sp³-hybridized carbons (Fsp3) is 0.208. The van der Waals surface area contributed by atoms with Crippen LogP contribution < -0.4 is 9.47 Å². The van der Waals surface area contributed by atoms with Gasteiger partial charge in [0.2, 0.25) is 6.23 Å². The molecule has 0 amide bonds. The van der Waals surface area contributed by atoms with Gasteiger partial charge in [0, 0.05) is 34.7 Å². The lowest BCUT2D eigenvalue weighted by Gasteiger charge is -2.38. The third kappa shape index (κ3) is 3.65. The third-order valence-corrected chi connectivity index (χ3v) is 5.85. The first-order valence-electron chi connectivity index (χ1n) is 10.3. The highest BCUT2D eigenvalue weighted by Crippen LogP contribution is 2.48. The number of hydrazone groups is 1. The predicted molar refractivity (Wildman–Crippen MR) is 121 cm³/mol. The van der Waals surface area contributed by atoms with E-state index in [1.807, 2.05) is 54.4 Å². The van der Waals surface area contributed by atoms with Crippen molar-refractivity contribution in [3.8, 4) is 11.5 Å². The summed E-state index contributed by atoms with van der Waals surface area (Å²) >= 11 is 6.28. The van der Waals surface area contributed by atoms with Gasteiger partial charge in [-0.15, -0.1) is 0 Å². The monoisotopic (exact) mass is 449 g/mol. The lowest BCUT2D eigenvalue weighted by Crippen LogP contribution is -2.33. The van der Waals surface area contributed by atoms with Gasteiger partial charge < -0.3 is 9.47 Å². The topological polar surface area (TPSA) is 77.2 Å². The molecule has 32 heavy (non-hydrogen) atoms. The number of hydrogen-bond acceptors (Lipinski definition) is 6. The second kappa shape index (κ2) is 8.16. The number of hydrogen-bond donors (Lipinski definition) is 0. The zero-order valence-electron chi connectivity index (χ0n) is 17.3. The third-order valence-electron chi connectivity index (χ3n) is 5.62. The Bertz CT molecular complexity index is 1210. The summed E-state index contributed by atoms with van der Waals surface area (Å²) in [5, 5.41) is 18.7. The predicted octanol–water partition coefficient (Wildman–Crippen LogP) is 5.89. The molecule has 8 heteroatoms. The van der Waals surface area contributed by atoms with Crippen LogP contribution >= 0.6 is 11.6 Å². The lowest BCUT2D eigenvalue weighted by atomic mass is 9.96. The van der Waals surface area contributed by atoms with Gasteiger partial charge in [-0.1, -0.05) is 23.7 Å². The highest BCUT2D eigenvalue weighted by atomic mass is 35.5. The summed E-state index contributed by atoms with van der Waals surface area (Å²) in [6, 6.07) is 19.8. The van der Waals surface area contributed by atoms with Gasteiger partial charge in [-0.05, 0) is 55.0 Å². The van der Waals surface area contributed by atoms with Crippen molar-refractivity contribution in [2.75, 3.05) is 6.61 Å². The maximum absolute atomic E-state index is 11.3. The van der Waals surface area contributed by atoms with Gasteiger partial charge in [-0.2, -0.15) is 5.10 Å². The zero-order valence-corrected chi connectivity index (χ0v) is 18.0. The standard InChI is InChI=1S/C24H20ClN3O4/c1-2-31-19-9-6-15(7-10-19)21-14-22-20-13-17(25)8-11-23(20)32-24(27(22)26-21)16-4-3-5-18(12-16)28(29)30/h3-13,22,24H,2,14H2,1H3/t22-,24+/m0/s1. The molecule has 2 atom stereocenters. The Hall–Kier alpha value is -3.58. The van der Waals surface area contributed by atoms with Crippen LogP contribution in [0.1, 0.15) is 42.3 Å². The molecule has 0 spiro atoms. The summed E-state index contributed by atoms with van der Waals surface area (Å²) in [5.41, 5.74) is 3.53. The summed E-state index contributed by atoms with van der Waals surface area (Å²) < 4.78 is 11.8. The first-order chi connectivity index (χ1) is 15.5. The van der Waals surface area contributed by atoms with Crippen molar-refractivity contribution in [1.82, 2.24) is 5.01 Å². The van der Waals surface area contributed by atoms with Crippen LogP contribution in [0.15, 0.2) is 71.8 Å². The second-order valence-electron chi connectivity index (χ2n) is 7.61. The van der Waals surface area contributed by atoms with Crippen LogP contribution in [-0.4, -0.2) is 22.3 Å². The number of benzene rings is 3. The van der Waals surface area contributed by atoms with Gasteiger partial charge in [-0.25, -0.2) is 5.01 Å². The molecule has 5 rings (SSSR count). The van der Waals surface area contributed by atoms with E-state index in [1.54, 1.807) is 12.1 Å². The van der Waals surface area contributed by atoms with E-state index in [0.717, 1.165) is 22.6 Å². The largest absolute Gasteiger partial charge is 0.494 e. The van der Waals surface area contributed by atoms with E-state index >= 15 is 0 Å². The van der Waals surface area contributed by atoms with Crippen LogP contribution in [0.2, 0.25) is 5.02 Å². The maximum Gasteiger partial charge on any atom is 0.269 e. The quantitative estimate of drug-likeness (QED) is 0.358. The zero-order chi connectivity index (χ0) is 22.2. The van der Waals surface area contributed by atoms with Gasteiger partial charge >= 0.3 is 0 Å². The highest BCUT2D eigenvalue weighted by Gasteiger charge is 2.41. The number of ether oxygens (including phenoxy) is 2. The molecular weight excluding hydrogens is 430 g/mol. The highest BCUT2D eigenvalue weighted by molar-refractivity contribution is 6.30.